The highest BCUT2D eigenvalue weighted by Gasteiger charge is 2.08. The third-order valence-electron chi connectivity index (χ3n) is 3.07. The second-order valence-corrected chi connectivity index (χ2v) is 4.56. The number of hydrogen-bond acceptors (Lipinski definition) is 1. The second-order valence-electron chi connectivity index (χ2n) is 4.56. The summed E-state index contributed by atoms with van der Waals surface area (Å²) < 4.78 is 0. The quantitative estimate of drug-likeness (QED) is 0.524. The molecule has 0 bridgehead atoms. The molecule has 1 aromatic rings. The van der Waals surface area contributed by atoms with E-state index in [1.807, 2.05) is 30.3 Å². The fourth-order valence-corrected chi connectivity index (χ4v) is 2.00. The predicted molar refractivity (Wildman–Crippen MR) is 79.4 cm³/mol. The topological polar surface area (TPSA) is 20.2 Å². The Labute approximate surface area is 111 Å². The zero-order valence-electron chi connectivity index (χ0n) is 11.3. The van der Waals surface area contributed by atoms with Crippen LogP contribution in [0.4, 0.5) is 0 Å². The molecule has 1 atom stereocenters. The number of benzene rings is 1. The maximum absolute atomic E-state index is 9.99. The SMILES string of the molecule is C=CC(O)/C(=C/CCCCCC)c1ccccc1. The summed E-state index contributed by atoms with van der Waals surface area (Å²) in [4.78, 5) is 0. The fraction of sp³-hybridized carbons (Fsp3) is 0.412. The number of rotatable bonds is 8. The molecule has 0 aliphatic carbocycles. The van der Waals surface area contributed by atoms with Crippen LogP contribution in [0.15, 0.2) is 49.1 Å². The molecule has 0 aliphatic rings. The largest absolute Gasteiger partial charge is 0.384 e. The van der Waals surface area contributed by atoms with Crippen molar-refractivity contribution >= 4 is 5.57 Å². The minimum absolute atomic E-state index is 0.571. The van der Waals surface area contributed by atoms with E-state index in [-0.39, 0.29) is 0 Å². The van der Waals surface area contributed by atoms with Gasteiger partial charge in [0, 0.05) is 0 Å². The molecule has 1 unspecified atom stereocenters. The number of aliphatic hydroxyl groups excluding tert-OH is 1. The normalized spacial score (nSPS) is 13.3. The molecule has 0 saturated heterocycles. The van der Waals surface area contributed by atoms with E-state index >= 15 is 0 Å². The average Bonchev–Trinajstić information content (AvgIpc) is 2.43. The highest BCUT2D eigenvalue weighted by atomic mass is 16.3. The van der Waals surface area contributed by atoms with Crippen LogP contribution >= 0.6 is 0 Å². The molecular formula is C17H24O. The summed E-state index contributed by atoms with van der Waals surface area (Å²) in [5.41, 5.74) is 2.06. The van der Waals surface area contributed by atoms with E-state index in [0.717, 1.165) is 17.6 Å². The van der Waals surface area contributed by atoms with E-state index in [9.17, 15) is 5.11 Å². The lowest BCUT2D eigenvalue weighted by Crippen LogP contribution is -2.05. The van der Waals surface area contributed by atoms with Gasteiger partial charge in [0.15, 0.2) is 0 Å². The molecule has 0 aliphatic heterocycles. The van der Waals surface area contributed by atoms with Crippen LogP contribution in [0.2, 0.25) is 0 Å². The van der Waals surface area contributed by atoms with Crippen LogP contribution in [0.1, 0.15) is 44.6 Å². The monoisotopic (exact) mass is 244 g/mol. The van der Waals surface area contributed by atoms with Crippen LogP contribution in [0, 0.1) is 0 Å². The Hall–Kier alpha value is -1.34. The zero-order valence-corrected chi connectivity index (χ0v) is 11.3. The van der Waals surface area contributed by atoms with Gasteiger partial charge in [-0.1, -0.05) is 68.7 Å². The summed E-state index contributed by atoms with van der Waals surface area (Å²) >= 11 is 0. The molecule has 1 nitrogen and oxygen atoms in total. The van der Waals surface area contributed by atoms with Gasteiger partial charge < -0.3 is 5.11 Å². The molecule has 0 fully saturated rings. The summed E-state index contributed by atoms with van der Waals surface area (Å²) in [6.07, 6.45) is 9.19. The molecule has 0 radical (unpaired) electrons. The molecule has 0 heterocycles. The smallest absolute Gasteiger partial charge is 0.0971 e. The number of unbranched alkanes of at least 4 members (excludes halogenated alkanes) is 4. The Bertz CT molecular complexity index is 364. The number of allylic oxidation sites excluding steroid dienone is 1. The van der Waals surface area contributed by atoms with Gasteiger partial charge in [0.25, 0.3) is 0 Å². The Balaban J connectivity index is 2.67. The summed E-state index contributed by atoms with van der Waals surface area (Å²) in [6, 6.07) is 10.0. The third kappa shape index (κ3) is 4.89. The lowest BCUT2D eigenvalue weighted by molar-refractivity contribution is 0.280. The maximum Gasteiger partial charge on any atom is 0.0971 e. The number of hydrogen-bond donors (Lipinski definition) is 1. The van der Waals surface area contributed by atoms with Gasteiger partial charge in [0.05, 0.1) is 6.10 Å². The van der Waals surface area contributed by atoms with Crippen LogP contribution in [-0.2, 0) is 0 Å². The first kappa shape index (κ1) is 14.7. The Kier molecular flexibility index (Phi) is 7.12. The highest BCUT2D eigenvalue weighted by molar-refractivity contribution is 5.70. The van der Waals surface area contributed by atoms with Crippen LogP contribution in [0.3, 0.4) is 0 Å². The van der Waals surface area contributed by atoms with Gasteiger partial charge >= 0.3 is 0 Å². The van der Waals surface area contributed by atoms with Gasteiger partial charge in [-0.05, 0) is 24.0 Å². The van der Waals surface area contributed by atoms with Crippen LogP contribution in [0.25, 0.3) is 5.57 Å². The third-order valence-corrected chi connectivity index (χ3v) is 3.07. The molecule has 18 heavy (non-hydrogen) atoms. The minimum atomic E-state index is -0.571. The van der Waals surface area contributed by atoms with E-state index in [1.54, 1.807) is 6.08 Å². The molecule has 1 N–H and O–H groups in total. The summed E-state index contributed by atoms with van der Waals surface area (Å²) in [5.74, 6) is 0. The molecule has 1 aromatic carbocycles. The molecule has 0 saturated carbocycles. The summed E-state index contributed by atoms with van der Waals surface area (Å²) in [7, 11) is 0. The Morgan fingerprint density at radius 3 is 2.56 bits per heavy atom. The summed E-state index contributed by atoms with van der Waals surface area (Å²) in [6.45, 7) is 5.89. The lowest BCUT2D eigenvalue weighted by Gasteiger charge is -2.12. The zero-order chi connectivity index (χ0) is 13.2. The van der Waals surface area contributed by atoms with E-state index in [1.165, 1.54) is 25.7 Å². The highest BCUT2D eigenvalue weighted by Crippen LogP contribution is 2.20. The van der Waals surface area contributed by atoms with Gasteiger partial charge in [-0.15, -0.1) is 6.58 Å². The van der Waals surface area contributed by atoms with E-state index < -0.39 is 6.10 Å². The molecule has 1 rings (SSSR count). The van der Waals surface area contributed by atoms with Crippen molar-refractivity contribution in [2.45, 2.75) is 45.1 Å². The maximum atomic E-state index is 9.99. The second kappa shape index (κ2) is 8.71. The van der Waals surface area contributed by atoms with Crippen LogP contribution in [0.5, 0.6) is 0 Å². The van der Waals surface area contributed by atoms with Gasteiger partial charge in [0.2, 0.25) is 0 Å². The van der Waals surface area contributed by atoms with Crippen molar-refractivity contribution in [1.82, 2.24) is 0 Å². The minimum Gasteiger partial charge on any atom is -0.384 e. The van der Waals surface area contributed by atoms with Crippen molar-refractivity contribution in [2.24, 2.45) is 0 Å². The van der Waals surface area contributed by atoms with Gasteiger partial charge in [0.1, 0.15) is 0 Å². The predicted octanol–water partition coefficient (Wildman–Crippen LogP) is 4.59. The molecule has 0 spiro atoms. The summed E-state index contributed by atoms with van der Waals surface area (Å²) in [5, 5.41) is 9.99. The van der Waals surface area contributed by atoms with E-state index in [0.29, 0.717) is 0 Å². The van der Waals surface area contributed by atoms with Crippen LogP contribution < -0.4 is 0 Å². The molecule has 98 valence electrons. The van der Waals surface area contributed by atoms with Crippen molar-refractivity contribution < 1.29 is 5.11 Å². The van der Waals surface area contributed by atoms with Crippen LogP contribution in [-0.4, -0.2) is 11.2 Å². The molecular weight excluding hydrogens is 220 g/mol. The van der Waals surface area contributed by atoms with Gasteiger partial charge in [-0.2, -0.15) is 0 Å². The van der Waals surface area contributed by atoms with Gasteiger partial charge in [-0.25, -0.2) is 0 Å². The molecule has 1 heteroatoms. The van der Waals surface area contributed by atoms with E-state index in [2.05, 4.69) is 19.6 Å². The van der Waals surface area contributed by atoms with Crippen molar-refractivity contribution in [1.29, 1.82) is 0 Å². The Morgan fingerprint density at radius 1 is 1.22 bits per heavy atom. The molecule has 0 aromatic heterocycles. The first-order chi connectivity index (χ1) is 8.79. The Morgan fingerprint density at radius 2 is 1.94 bits per heavy atom. The standard InChI is InChI=1S/C17H24O/c1-3-5-6-7-11-14-16(17(18)4-2)15-12-9-8-10-13-15/h4,8-10,12-14,17-18H,2-3,5-7,11H2,1H3/b16-14+. The van der Waals surface area contributed by atoms with Crippen molar-refractivity contribution in [3.63, 3.8) is 0 Å². The van der Waals surface area contributed by atoms with E-state index in [4.69, 9.17) is 0 Å². The number of aliphatic hydroxyl groups is 1. The first-order valence-electron chi connectivity index (χ1n) is 6.85. The van der Waals surface area contributed by atoms with Crippen molar-refractivity contribution in [3.05, 3.63) is 54.6 Å². The molecule has 0 amide bonds. The van der Waals surface area contributed by atoms with Crippen molar-refractivity contribution in [3.8, 4) is 0 Å². The first-order valence-corrected chi connectivity index (χ1v) is 6.85. The lowest BCUT2D eigenvalue weighted by atomic mass is 9.98. The van der Waals surface area contributed by atoms with Crippen molar-refractivity contribution in [2.75, 3.05) is 0 Å². The van der Waals surface area contributed by atoms with Gasteiger partial charge in [-0.3, -0.25) is 0 Å². The average molecular weight is 244 g/mol. The fourth-order valence-electron chi connectivity index (χ4n) is 2.00.